The molecule has 0 atom stereocenters. The second kappa shape index (κ2) is 4.90. The summed E-state index contributed by atoms with van der Waals surface area (Å²) in [6, 6.07) is 1.55. The molecule has 0 spiro atoms. The molecule has 0 saturated heterocycles. The number of rotatable bonds is 2. The molecule has 1 aromatic rings. The molecule has 0 radical (unpaired) electrons. The van der Waals surface area contributed by atoms with Gasteiger partial charge in [-0.15, -0.1) is 0 Å². The van der Waals surface area contributed by atoms with Gasteiger partial charge in [0.25, 0.3) is 5.91 Å². The highest BCUT2D eigenvalue weighted by atomic mass is 35.5. The summed E-state index contributed by atoms with van der Waals surface area (Å²) in [4.78, 5) is 19.3. The minimum Gasteiger partial charge on any atom is -0.320 e. The Bertz CT molecular complexity index is 454. The fourth-order valence-corrected chi connectivity index (χ4v) is 1.58. The van der Waals surface area contributed by atoms with Gasteiger partial charge in [0.15, 0.2) is 0 Å². The number of nitrogens with zero attached hydrogens (tertiary/aromatic N) is 2. The van der Waals surface area contributed by atoms with Gasteiger partial charge in [0.2, 0.25) is 0 Å². The van der Waals surface area contributed by atoms with Crippen LogP contribution in [0.4, 0.5) is 0 Å². The molecule has 16 heavy (non-hydrogen) atoms. The molecule has 5 heteroatoms. The zero-order chi connectivity index (χ0) is 11.4. The Labute approximate surface area is 98.1 Å². The first kappa shape index (κ1) is 10.8. The molecular formula is C11H10ClN3O. The number of hydrogen-bond acceptors (Lipinski definition) is 3. The van der Waals surface area contributed by atoms with E-state index in [1.165, 1.54) is 12.5 Å². The maximum atomic E-state index is 11.7. The van der Waals surface area contributed by atoms with E-state index in [1.54, 1.807) is 6.07 Å². The first-order valence-electron chi connectivity index (χ1n) is 4.90. The van der Waals surface area contributed by atoms with Crippen LogP contribution in [0.1, 0.15) is 23.3 Å². The molecule has 0 aliphatic heterocycles. The van der Waals surface area contributed by atoms with Gasteiger partial charge in [-0.25, -0.2) is 9.97 Å². The third-order valence-corrected chi connectivity index (χ3v) is 2.56. The van der Waals surface area contributed by atoms with Crippen molar-refractivity contribution >= 4 is 17.5 Å². The highest BCUT2D eigenvalue weighted by molar-refractivity contribution is 6.30. The van der Waals surface area contributed by atoms with E-state index in [0.29, 0.717) is 16.4 Å². The minimum absolute atomic E-state index is 0.276. The molecule has 0 aromatic carbocycles. The number of carbonyl (C=O) groups is 1. The van der Waals surface area contributed by atoms with E-state index in [-0.39, 0.29) is 5.91 Å². The molecule has 1 aliphatic carbocycles. The standard InChI is InChI=1S/C11H10ClN3O/c12-8-3-1-2-4-9(8)15-11(16)10-5-6-13-7-14-10/h2,4-7H,1,3H2,(H,15,16). The lowest BCUT2D eigenvalue weighted by Crippen LogP contribution is -2.24. The van der Waals surface area contributed by atoms with Crippen molar-refractivity contribution < 1.29 is 4.79 Å². The van der Waals surface area contributed by atoms with Gasteiger partial charge in [0.05, 0.1) is 5.70 Å². The van der Waals surface area contributed by atoms with Crippen molar-refractivity contribution in [1.82, 2.24) is 15.3 Å². The van der Waals surface area contributed by atoms with E-state index in [1.807, 2.05) is 12.2 Å². The maximum Gasteiger partial charge on any atom is 0.274 e. The molecule has 0 bridgehead atoms. The van der Waals surface area contributed by atoms with Crippen molar-refractivity contribution in [3.05, 3.63) is 47.2 Å². The molecule has 82 valence electrons. The summed E-state index contributed by atoms with van der Waals surface area (Å²) in [5, 5.41) is 3.39. The van der Waals surface area contributed by atoms with Crippen LogP contribution in [-0.2, 0) is 0 Å². The van der Waals surface area contributed by atoms with Crippen LogP contribution in [-0.4, -0.2) is 15.9 Å². The normalized spacial score (nSPS) is 15.1. The topological polar surface area (TPSA) is 54.9 Å². The number of nitrogens with one attached hydrogen (secondary N) is 1. The van der Waals surface area contributed by atoms with Crippen molar-refractivity contribution in [2.45, 2.75) is 12.8 Å². The smallest absolute Gasteiger partial charge is 0.274 e. The Balaban J connectivity index is 2.11. The Morgan fingerprint density at radius 3 is 3.06 bits per heavy atom. The molecule has 2 rings (SSSR count). The number of allylic oxidation sites excluding steroid dienone is 3. The molecule has 0 unspecified atom stereocenters. The number of amides is 1. The fraction of sp³-hybridized carbons (Fsp3) is 0.182. The van der Waals surface area contributed by atoms with Crippen LogP contribution in [0.15, 0.2) is 41.5 Å². The van der Waals surface area contributed by atoms with Crippen LogP contribution in [0.3, 0.4) is 0 Å². The molecule has 1 aliphatic rings. The number of hydrogen-bond donors (Lipinski definition) is 1. The minimum atomic E-state index is -0.276. The van der Waals surface area contributed by atoms with Crippen molar-refractivity contribution in [1.29, 1.82) is 0 Å². The summed E-state index contributed by atoms with van der Waals surface area (Å²) in [7, 11) is 0. The van der Waals surface area contributed by atoms with Crippen molar-refractivity contribution in [3.8, 4) is 0 Å². The SMILES string of the molecule is O=C(NC1=C(Cl)CCC=C1)c1ccncn1. The quantitative estimate of drug-likeness (QED) is 0.853. The maximum absolute atomic E-state index is 11.7. The Hall–Kier alpha value is -1.68. The van der Waals surface area contributed by atoms with Crippen LogP contribution in [0.25, 0.3) is 0 Å². The predicted molar refractivity (Wildman–Crippen MR) is 60.8 cm³/mol. The summed E-state index contributed by atoms with van der Waals surface area (Å²) < 4.78 is 0. The average Bonchev–Trinajstić information content (AvgIpc) is 2.33. The Kier molecular flexibility index (Phi) is 3.31. The molecule has 1 heterocycles. The van der Waals surface area contributed by atoms with Crippen molar-refractivity contribution in [2.75, 3.05) is 0 Å². The van der Waals surface area contributed by atoms with Crippen LogP contribution in [0.5, 0.6) is 0 Å². The van der Waals surface area contributed by atoms with Gasteiger partial charge >= 0.3 is 0 Å². The van der Waals surface area contributed by atoms with Crippen LogP contribution in [0, 0.1) is 0 Å². The van der Waals surface area contributed by atoms with E-state index in [0.717, 1.165) is 12.8 Å². The second-order valence-electron chi connectivity index (χ2n) is 3.31. The summed E-state index contributed by atoms with van der Waals surface area (Å²) in [6.45, 7) is 0. The highest BCUT2D eigenvalue weighted by Gasteiger charge is 2.11. The molecule has 0 saturated carbocycles. The lowest BCUT2D eigenvalue weighted by atomic mass is 10.1. The van der Waals surface area contributed by atoms with Gasteiger partial charge in [0, 0.05) is 11.2 Å². The number of halogens is 1. The lowest BCUT2D eigenvalue weighted by molar-refractivity contribution is 0.0961. The number of aromatic nitrogens is 2. The third-order valence-electron chi connectivity index (χ3n) is 2.17. The highest BCUT2D eigenvalue weighted by Crippen LogP contribution is 2.20. The molecule has 4 nitrogen and oxygen atoms in total. The second-order valence-corrected chi connectivity index (χ2v) is 3.76. The van der Waals surface area contributed by atoms with Gasteiger partial charge in [0.1, 0.15) is 12.0 Å². The van der Waals surface area contributed by atoms with E-state index < -0.39 is 0 Å². The Morgan fingerprint density at radius 2 is 2.38 bits per heavy atom. The lowest BCUT2D eigenvalue weighted by Gasteiger charge is -2.11. The van der Waals surface area contributed by atoms with E-state index >= 15 is 0 Å². The predicted octanol–water partition coefficient (Wildman–Crippen LogP) is 2.01. The van der Waals surface area contributed by atoms with Crippen LogP contribution in [0.2, 0.25) is 0 Å². The molecule has 0 fully saturated rings. The van der Waals surface area contributed by atoms with Gasteiger partial charge in [-0.3, -0.25) is 4.79 Å². The zero-order valence-electron chi connectivity index (χ0n) is 8.48. The van der Waals surface area contributed by atoms with Gasteiger partial charge in [-0.05, 0) is 25.0 Å². The van der Waals surface area contributed by atoms with E-state index in [9.17, 15) is 4.79 Å². The first-order chi connectivity index (χ1) is 7.77. The summed E-state index contributed by atoms with van der Waals surface area (Å²) in [5.41, 5.74) is 0.975. The van der Waals surface area contributed by atoms with Crippen LogP contribution < -0.4 is 5.32 Å². The van der Waals surface area contributed by atoms with Crippen molar-refractivity contribution in [2.24, 2.45) is 0 Å². The average molecular weight is 236 g/mol. The molecular weight excluding hydrogens is 226 g/mol. The molecule has 1 N–H and O–H groups in total. The largest absolute Gasteiger partial charge is 0.320 e. The number of carbonyl (C=O) groups excluding carboxylic acids is 1. The van der Waals surface area contributed by atoms with Crippen molar-refractivity contribution in [3.63, 3.8) is 0 Å². The zero-order valence-corrected chi connectivity index (χ0v) is 9.24. The monoisotopic (exact) mass is 235 g/mol. The molecule has 1 aromatic heterocycles. The summed E-state index contributed by atoms with van der Waals surface area (Å²) in [5.74, 6) is -0.276. The van der Waals surface area contributed by atoms with Gasteiger partial charge in [-0.1, -0.05) is 17.7 Å². The first-order valence-corrected chi connectivity index (χ1v) is 5.28. The third kappa shape index (κ3) is 2.46. The van der Waals surface area contributed by atoms with Gasteiger partial charge < -0.3 is 5.32 Å². The van der Waals surface area contributed by atoms with Crippen LogP contribution >= 0.6 is 11.6 Å². The van der Waals surface area contributed by atoms with E-state index in [4.69, 9.17) is 11.6 Å². The summed E-state index contributed by atoms with van der Waals surface area (Å²) in [6.07, 6.45) is 8.31. The Morgan fingerprint density at radius 1 is 1.50 bits per heavy atom. The fourth-order valence-electron chi connectivity index (χ4n) is 1.36. The summed E-state index contributed by atoms with van der Waals surface area (Å²) >= 11 is 6.00. The molecule has 1 amide bonds. The van der Waals surface area contributed by atoms with E-state index in [2.05, 4.69) is 15.3 Å². The van der Waals surface area contributed by atoms with Gasteiger partial charge in [-0.2, -0.15) is 0 Å².